The number of anilines is 1. The molecule has 0 bridgehead atoms. The van der Waals surface area contributed by atoms with Gasteiger partial charge >= 0.3 is 0 Å². The average Bonchev–Trinajstić information content (AvgIpc) is 2.88. The van der Waals surface area contributed by atoms with Crippen LogP contribution in [0.1, 0.15) is 35.2 Å². The Morgan fingerprint density at radius 3 is 2.95 bits per heavy atom. The van der Waals surface area contributed by atoms with Gasteiger partial charge in [-0.2, -0.15) is 0 Å². The van der Waals surface area contributed by atoms with E-state index in [1.165, 1.54) is 0 Å². The largest absolute Gasteiger partial charge is 0.469 e. The summed E-state index contributed by atoms with van der Waals surface area (Å²) in [5.74, 6) is 1.16. The Morgan fingerprint density at radius 1 is 1.50 bits per heavy atom. The number of hydrogen-bond donors (Lipinski definition) is 2. The van der Waals surface area contributed by atoms with E-state index in [1.54, 1.807) is 18.4 Å². The van der Waals surface area contributed by atoms with Gasteiger partial charge in [-0.3, -0.25) is 4.79 Å². The van der Waals surface area contributed by atoms with Crippen LogP contribution in [0, 0.1) is 6.92 Å². The highest BCUT2D eigenvalue weighted by Gasteiger charge is 2.11. The molecule has 0 fully saturated rings. The molecule has 1 amide bonds. The van der Waals surface area contributed by atoms with Crippen LogP contribution < -0.4 is 11.1 Å². The fraction of sp³-hybridized carbons (Fsp3) is 0.333. The second-order valence-corrected chi connectivity index (χ2v) is 4.91. The van der Waals surface area contributed by atoms with Gasteiger partial charge in [0.05, 0.1) is 6.26 Å². The van der Waals surface area contributed by atoms with Crippen LogP contribution in [0.2, 0.25) is 0 Å². The summed E-state index contributed by atoms with van der Waals surface area (Å²) in [5.41, 5.74) is 6.92. The molecule has 0 saturated heterocycles. The minimum Gasteiger partial charge on any atom is -0.469 e. The van der Waals surface area contributed by atoms with Gasteiger partial charge in [0.2, 0.25) is 0 Å². The molecule has 1 unspecified atom stereocenters. The first-order valence-corrected chi connectivity index (χ1v) is 6.62. The number of nitrogens with two attached hydrogens (primary N) is 1. The summed E-state index contributed by atoms with van der Waals surface area (Å²) in [6, 6.07) is 7.16. The van der Waals surface area contributed by atoms with Crippen LogP contribution >= 0.6 is 0 Å². The number of carbonyl (C=O) groups is 1. The number of nitrogen functional groups attached to an aromatic ring is 1. The Balaban J connectivity index is 1.90. The summed E-state index contributed by atoms with van der Waals surface area (Å²) >= 11 is 0. The lowest BCUT2D eigenvalue weighted by molar-refractivity contribution is 0.0938. The van der Waals surface area contributed by atoms with E-state index >= 15 is 0 Å². The molecule has 0 spiro atoms. The quantitative estimate of drug-likeness (QED) is 0.876. The fourth-order valence-electron chi connectivity index (χ4n) is 2.02. The third kappa shape index (κ3) is 3.85. The van der Waals surface area contributed by atoms with Crippen LogP contribution in [0.3, 0.4) is 0 Å². The van der Waals surface area contributed by atoms with Crippen LogP contribution in [-0.4, -0.2) is 16.9 Å². The first-order valence-electron chi connectivity index (χ1n) is 6.62. The number of rotatable bonds is 5. The van der Waals surface area contributed by atoms with Crippen molar-refractivity contribution in [1.29, 1.82) is 0 Å². The molecule has 0 aliphatic carbocycles. The van der Waals surface area contributed by atoms with E-state index in [1.807, 2.05) is 26.0 Å². The van der Waals surface area contributed by atoms with Crippen LogP contribution in [0.15, 0.2) is 34.9 Å². The maximum atomic E-state index is 12.1. The van der Waals surface area contributed by atoms with Crippen molar-refractivity contribution in [2.24, 2.45) is 0 Å². The molecule has 0 aromatic carbocycles. The summed E-state index contributed by atoms with van der Waals surface area (Å²) in [7, 11) is 0. The fourth-order valence-corrected chi connectivity index (χ4v) is 2.02. The number of aryl methyl sites for hydroxylation is 2. The highest BCUT2D eigenvalue weighted by atomic mass is 16.3. The monoisotopic (exact) mass is 273 g/mol. The molecule has 2 heterocycles. The van der Waals surface area contributed by atoms with E-state index in [0.29, 0.717) is 11.4 Å². The topological polar surface area (TPSA) is 81.2 Å². The molecule has 0 aliphatic heterocycles. The summed E-state index contributed by atoms with van der Waals surface area (Å²) in [6.07, 6.45) is 3.27. The first-order chi connectivity index (χ1) is 9.54. The van der Waals surface area contributed by atoms with Crippen molar-refractivity contribution in [2.75, 3.05) is 5.73 Å². The second-order valence-electron chi connectivity index (χ2n) is 4.91. The summed E-state index contributed by atoms with van der Waals surface area (Å²) in [6.45, 7) is 3.78. The highest BCUT2D eigenvalue weighted by Crippen LogP contribution is 2.09. The molecule has 2 aromatic rings. The molecule has 2 rings (SSSR count). The molecular weight excluding hydrogens is 254 g/mol. The van der Waals surface area contributed by atoms with Crippen molar-refractivity contribution >= 4 is 11.7 Å². The zero-order valence-electron chi connectivity index (χ0n) is 11.7. The molecule has 0 radical (unpaired) electrons. The Morgan fingerprint density at radius 2 is 2.30 bits per heavy atom. The van der Waals surface area contributed by atoms with Gasteiger partial charge in [0.1, 0.15) is 11.6 Å². The van der Waals surface area contributed by atoms with Crippen molar-refractivity contribution < 1.29 is 9.21 Å². The number of aromatic nitrogens is 1. The molecular formula is C15H19N3O2. The van der Waals surface area contributed by atoms with E-state index in [9.17, 15) is 4.79 Å². The lowest BCUT2D eigenvalue weighted by Gasteiger charge is -2.13. The SMILES string of the molecule is Cc1cc(C(=O)NC(C)CCc2ccco2)cc(N)n1. The Kier molecular flexibility index (Phi) is 4.40. The molecule has 1 atom stereocenters. The van der Waals surface area contributed by atoms with Crippen molar-refractivity contribution in [3.8, 4) is 0 Å². The van der Waals surface area contributed by atoms with Crippen LogP contribution in [0.25, 0.3) is 0 Å². The van der Waals surface area contributed by atoms with Crippen molar-refractivity contribution in [1.82, 2.24) is 10.3 Å². The number of furan rings is 1. The molecule has 3 N–H and O–H groups in total. The average molecular weight is 273 g/mol. The second kappa shape index (κ2) is 6.23. The van der Waals surface area contributed by atoms with E-state index in [2.05, 4.69) is 10.3 Å². The molecule has 5 heteroatoms. The number of nitrogens with zero attached hydrogens (tertiary/aromatic N) is 1. The normalized spacial score (nSPS) is 12.1. The van der Waals surface area contributed by atoms with Crippen molar-refractivity contribution in [3.63, 3.8) is 0 Å². The Labute approximate surface area is 118 Å². The molecule has 20 heavy (non-hydrogen) atoms. The summed E-state index contributed by atoms with van der Waals surface area (Å²) in [5, 5.41) is 2.95. The van der Waals surface area contributed by atoms with Gasteiger partial charge in [0.15, 0.2) is 0 Å². The van der Waals surface area contributed by atoms with E-state index in [4.69, 9.17) is 10.2 Å². The van der Waals surface area contributed by atoms with Gasteiger partial charge in [-0.25, -0.2) is 4.98 Å². The number of carbonyl (C=O) groups excluding carboxylic acids is 1. The first kappa shape index (κ1) is 14.1. The van der Waals surface area contributed by atoms with E-state index in [-0.39, 0.29) is 11.9 Å². The lowest BCUT2D eigenvalue weighted by Crippen LogP contribution is -2.33. The molecule has 0 aliphatic rings. The Hall–Kier alpha value is -2.30. The highest BCUT2D eigenvalue weighted by molar-refractivity contribution is 5.95. The summed E-state index contributed by atoms with van der Waals surface area (Å²) < 4.78 is 5.27. The van der Waals surface area contributed by atoms with Gasteiger partial charge in [-0.15, -0.1) is 0 Å². The zero-order chi connectivity index (χ0) is 14.5. The minimum atomic E-state index is -0.130. The summed E-state index contributed by atoms with van der Waals surface area (Å²) in [4.78, 5) is 16.2. The molecule has 106 valence electrons. The lowest BCUT2D eigenvalue weighted by atomic mass is 10.1. The molecule has 2 aromatic heterocycles. The van der Waals surface area contributed by atoms with Crippen molar-refractivity contribution in [2.45, 2.75) is 32.7 Å². The van der Waals surface area contributed by atoms with Gasteiger partial charge in [0, 0.05) is 23.7 Å². The standard InChI is InChI=1S/C15H19N3O2/c1-10(5-6-13-4-3-7-20-13)18-15(19)12-8-11(2)17-14(16)9-12/h3-4,7-10H,5-6H2,1-2H3,(H2,16,17)(H,18,19). The van der Waals surface area contributed by atoms with Gasteiger partial charge in [-0.1, -0.05) is 0 Å². The third-order valence-corrected chi connectivity index (χ3v) is 3.02. The van der Waals surface area contributed by atoms with Crippen LogP contribution in [0.5, 0.6) is 0 Å². The predicted octanol–water partition coefficient (Wildman–Crippen LogP) is 2.32. The zero-order valence-corrected chi connectivity index (χ0v) is 11.7. The number of hydrogen-bond acceptors (Lipinski definition) is 4. The van der Waals surface area contributed by atoms with Gasteiger partial charge < -0.3 is 15.5 Å². The smallest absolute Gasteiger partial charge is 0.251 e. The number of pyridine rings is 1. The van der Waals surface area contributed by atoms with Crippen LogP contribution in [0.4, 0.5) is 5.82 Å². The molecule has 0 saturated carbocycles. The van der Waals surface area contributed by atoms with E-state index < -0.39 is 0 Å². The maximum Gasteiger partial charge on any atom is 0.251 e. The minimum absolute atomic E-state index is 0.0577. The maximum absolute atomic E-state index is 12.1. The van der Waals surface area contributed by atoms with Crippen molar-refractivity contribution in [3.05, 3.63) is 47.5 Å². The van der Waals surface area contributed by atoms with Crippen LogP contribution in [-0.2, 0) is 6.42 Å². The predicted molar refractivity (Wildman–Crippen MR) is 77.3 cm³/mol. The Bertz CT molecular complexity index is 559. The number of nitrogens with one attached hydrogen (secondary N) is 1. The molecule has 5 nitrogen and oxygen atoms in total. The van der Waals surface area contributed by atoms with Gasteiger partial charge in [-0.05, 0) is 44.5 Å². The third-order valence-electron chi connectivity index (χ3n) is 3.02. The van der Waals surface area contributed by atoms with E-state index in [0.717, 1.165) is 24.3 Å². The van der Waals surface area contributed by atoms with Gasteiger partial charge in [0.25, 0.3) is 5.91 Å². The number of amides is 1.